The maximum absolute atomic E-state index is 4.34. The van der Waals surface area contributed by atoms with Crippen molar-refractivity contribution in [1.29, 1.82) is 0 Å². The zero-order valence-electron chi connectivity index (χ0n) is 7.58. The van der Waals surface area contributed by atoms with Gasteiger partial charge in [0.2, 0.25) is 0 Å². The average Bonchev–Trinajstić information content (AvgIpc) is 2.72. The lowest BCUT2D eigenvalue weighted by molar-refractivity contribution is 1.14. The van der Waals surface area contributed by atoms with Crippen LogP contribution in [0.3, 0.4) is 0 Å². The van der Waals surface area contributed by atoms with E-state index in [1.54, 1.807) is 22.7 Å². The van der Waals surface area contributed by atoms with Gasteiger partial charge in [-0.05, 0) is 34.3 Å². The van der Waals surface area contributed by atoms with Gasteiger partial charge in [-0.2, -0.15) is 0 Å². The smallest absolute Gasteiger partial charge is 0.183 e. The summed E-state index contributed by atoms with van der Waals surface area (Å²) >= 11 is 6.89. The summed E-state index contributed by atoms with van der Waals surface area (Å²) in [7, 11) is 0. The van der Waals surface area contributed by atoms with Crippen molar-refractivity contribution in [3.8, 4) is 0 Å². The van der Waals surface area contributed by atoms with Crippen LogP contribution >= 0.6 is 38.6 Å². The highest BCUT2D eigenvalue weighted by molar-refractivity contribution is 9.10. The zero-order valence-corrected chi connectivity index (χ0v) is 10.8. The van der Waals surface area contributed by atoms with Gasteiger partial charge in [-0.3, -0.25) is 0 Å². The van der Waals surface area contributed by atoms with Crippen LogP contribution in [0.1, 0.15) is 10.6 Å². The Kier molecular flexibility index (Phi) is 3.20. The van der Waals surface area contributed by atoms with Gasteiger partial charge in [0.15, 0.2) is 5.13 Å². The van der Waals surface area contributed by atoms with E-state index in [1.165, 1.54) is 9.35 Å². The summed E-state index contributed by atoms with van der Waals surface area (Å²) in [4.78, 5) is 5.64. The molecule has 0 radical (unpaired) electrons. The molecule has 74 valence electrons. The van der Waals surface area contributed by atoms with E-state index in [-0.39, 0.29) is 0 Å². The van der Waals surface area contributed by atoms with Crippen molar-refractivity contribution in [2.75, 3.05) is 5.32 Å². The molecule has 0 fully saturated rings. The summed E-state index contributed by atoms with van der Waals surface area (Å²) in [5.41, 5.74) is 1.07. The minimum Gasteiger partial charge on any atom is -0.357 e. The SMILES string of the molecule is Cc1csc(NCc2sccc2Br)n1. The van der Waals surface area contributed by atoms with Crippen LogP contribution in [0.15, 0.2) is 21.3 Å². The van der Waals surface area contributed by atoms with Crippen LogP contribution in [0.5, 0.6) is 0 Å². The molecular formula is C9H9BrN2S2. The van der Waals surface area contributed by atoms with Crippen LogP contribution in [-0.2, 0) is 6.54 Å². The lowest BCUT2D eigenvalue weighted by atomic mass is 10.5. The number of nitrogens with zero attached hydrogens (tertiary/aromatic N) is 1. The van der Waals surface area contributed by atoms with Crippen molar-refractivity contribution >= 4 is 43.7 Å². The Morgan fingerprint density at radius 3 is 2.93 bits per heavy atom. The van der Waals surface area contributed by atoms with Gasteiger partial charge in [-0.25, -0.2) is 4.98 Å². The molecule has 1 N–H and O–H groups in total. The molecule has 0 atom stereocenters. The predicted octanol–water partition coefficient (Wildman–Crippen LogP) is 3.89. The maximum Gasteiger partial charge on any atom is 0.183 e. The molecule has 14 heavy (non-hydrogen) atoms. The molecule has 0 spiro atoms. The molecule has 2 aromatic rings. The molecule has 0 aliphatic heterocycles. The quantitative estimate of drug-likeness (QED) is 0.927. The largest absolute Gasteiger partial charge is 0.357 e. The van der Waals surface area contributed by atoms with E-state index in [0.29, 0.717) is 0 Å². The van der Waals surface area contributed by atoms with Gasteiger partial charge in [0.1, 0.15) is 0 Å². The Bertz CT molecular complexity index is 422. The molecule has 2 rings (SSSR count). The van der Waals surface area contributed by atoms with Gasteiger partial charge >= 0.3 is 0 Å². The van der Waals surface area contributed by atoms with Crippen molar-refractivity contribution in [3.63, 3.8) is 0 Å². The fourth-order valence-electron chi connectivity index (χ4n) is 1.04. The van der Waals surface area contributed by atoms with Crippen LogP contribution in [0.4, 0.5) is 5.13 Å². The Hall–Kier alpha value is -0.390. The van der Waals surface area contributed by atoms with E-state index in [2.05, 4.69) is 37.7 Å². The van der Waals surface area contributed by atoms with Crippen LogP contribution in [0.25, 0.3) is 0 Å². The Labute approximate surface area is 99.1 Å². The van der Waals surface area contributed by atoms with Crippen LogP contribution in [0.2, 0.25) is 0 Å². The molecule has 2 heterocycles. The first kappa shape index (κ1) is 10.1. The summed E-state index contributed by atoms with van der Waals surface area (Å²) in [5, 5.41) is 8.41. The van der Waals surface area contributed by atoms with E-state index in [9.17, 15) is 0 Å². The maximum atomic E-state index is 4.34. The summed E-state index contributed by atoms with van der Waals surface area (Å²) in [6.07, 6.45) is 0. The fraction of sp³-hybridized carbons (Fsp3) is 0.222. The number of aryl methyl sites for hydroxylation is 1. The lowest BCUT2D eigenvalue weighted by Gasteiger charge is -1.99. The van der Waals surface area contributed by atoms with E-state index in [1.807, 2.05) is 12.3 Å². The third kappa shape index (κ3) is 2.34. The first-order chi connectivity index (χ1) is 6.75. The highest BCUT2D eigenvalue weighted by Gasteiger charge is 2.02. The van der Waals surface area contributed by atoms with Gasteiger partial charge in [0.25, 0.3) is 0 Å². The Morgan fingerprint density at radius 2 is 2.36 bits per heavy atom. The van der Waals surface area contributed by atoms with Crippen molar-refractivity contribution in [3.05, 3.63) is 31.9 Å². The number of aromatic nitrogens is 1. The van der Waals surface area contributed by atoms with Gasteiger partial charge in [-0.1, -0.05) is 0 Å². The number of hydrogen-bond acceptors (Lipinski definition) is 4. The third-order valence-corrected chi connectivity index (χ3v) is 4.55. The first-order valence-corrected chi connectivity index (χ1v) is 6.69. The molecule has 0 aliphatic carbocycles. The number of nitrogens with one attached hydrogen (secondary N) is 1. The molecule has 0 saturated heterocycles. The Balaban J connectivity index is 1.98. The topological polar surface area (TPSA) is 24.9 Å². The molecule has 0 aliphatic rings. The number of rotatable bonds is 3. The average molecular weight is 289 g/mol. The van der Waals surface area contributed by atoms with Crippen LogP contribution in [-0.4, -0.2) is 4.98 Å². The zero-order chi connectivity index (χ0) is 9.97. The minimum absolute atomic E-state index is 0.838. The highest BCUT2D eigenvalue weighted by Crippen LogP contribution is 2.24. The van der Waals surface area contributed by atoms with Gasteiger partial charge in [0, 0.05) is 14.7 Å². The Morgan fingerprint density at radius 1 is 1.50 bits per heavy atom. The monoisotopic (exact) mass is 288 g/mol. The first-order valence-electron chi connectivity index (χ1n) is 4.13. The van der Waals surface area contributed by atoms with Gasteiger partial charge in [-0.15, -0.1) is 22.7 Å². The highest BCUT2D eigenvalue weighted by atomic mass is 79.9. The number of thiophene rings is 1. The van der Waals surface area contributed by atoms with Gasteiger partial charge < -0.3 is 5.32 Å². The summed E-state index contributed by atoms with van der Waals surface area (Å²) in [6.45, 7) is 2.84. The predicted molar refractivity (Wildman–Crippen MR) is 66.2 cm³/mol. The summed E-state index contributed by atoms with van der Waals surface area (Å²) in [6, 6.07) is 2.06. The summed E-state index contributed by atoms with van der Waals surface area (Å²) < 4.78 is 1.17. The fourth-order valence-corrected chi connectivity index (χ4v) is 3.16. The van der Waals surface area contributed by atoms with Crippen molar-refractivity contribution in [2.24, 2.45) is 0 Å². The molecule has 0 aromatic carbocycles. The van der Waals surface area contributed by atoms with E-state index >= 15 is 0 Å². The van der Waals surface area contributed by atoms with Crippen molar-refractivity contribution < 1.29 is 0 Å². The summed E-state index contributed by atoms with van der Waals surface area (Å²) in [5.74, 6) is 0. The van der Waals surface area contributed by atoms with Crippen molar-refractivity contribution in [1.82, 2.24) is 4.98 Å². The number of halogens is 1. The molecule has 5 heteroatoms. The second kappa shape index (κ2) is 4.42. The molecule has 0 unspecified atom stereocenters. The third-order valence-electron chi connectivity index (χ3n) is 1.71. The lowest BCUT2D eigenvalue weighted by Crippen LogP contribution is -1.97. The van der Waals surface area contributed by atoms with Gasteiger partial charge in [0.05, 0.1) is 12.2 Å². The van der Waals surface area contributed by atoms with E-state index in [0.717, 1.165) is 17.4 Å². The van der Waals surface area contributed by atoms with Crippen LogP contribution < -0.4 is 5.32 Å². The normalized spacial score (nSPS) is 10.4. The molecule has 2 nitrogen and oxygen atoms in total. The van der Waals surface area contributed by atoms with Crippen molar-refractivity contribution in [2.45, 2.75) is 13.5 Å². The molecule has 0 amide bonds. The van der Waals surface area contributed by atoms with Crippen LogP contribution in [0, 0.1) is 6.92 Å². The molecule has 0 saturated carbocycles. The molecular weight excluding hydrogens is 280 g/mol. The molecule has 0 bridgehead atoms. The number of thiazole rings is 1. The minimum atomic E-state index is 0.838. The number of anilines is 1. The van der Waals surface area contributed by atoms with E-state index < -0.39 is 0 Å². The van der Waals surface area contributed by atoms with E-state index in [4.69, 9.17) is 0 Å². The number of hydrogen-bond donors (Lipinski definition) is 1. The standard InChI is InChI=1S/C9H9BrN2S2/c1-6-5-14-9(12-6)11-4-8-7(10)2-3-13-8/h2-3,5H,4H2,1H3,(H,11,12). The molecule has 2 aromatic heterocycles. The second-order valence-electron chi connectivity index (χ2n) is 2.84. The second-order valence-corrected chi connectivity index (χ2v) is 5.55.